The fourth-order valence-electron chi connectivity index (χ4n) is 7.55. The van der Waals surface area contributed by atoms with Crippen LogP contribution in [0, 0.1) is 11.8 Å². The van der Waals surface area contributed by atoms with E-state index in [1.807, 2.05) is 6.08 Å². The summed E-state index contributed by atoms with van der Waals surface area (Å²) in [5.74, 6) is 2.33. The van der Waals surface area contributed by atoms with Crippen molar-refractivity contribution in [3.05, 3.63) is 54.1 Å². The Labute approximate surface area is 221 Å². The van der Waals surface area contributed by atoms with Gasteiger partial charge in [-0.1, -0.05) is 36.4 Å². The van der Waals surface area contributed by atoms with Gasteiger partial charge in [0.25, 0.3) is 0 Å². The quantitative estimate of drug-likeness (QED) is 0.254. The molecule has 3 nitrogen and oxygen atoms in total. The Hall–Kier alpha value is -1.42. The zero-order chi connectivity index (χ0) is 25.8. The van der Waals surface area contributed by atoms with Crippen LogP contribution in [0.3, 0.4) is 0 Å². The highest BCUT2D eigenvalue weighted by Gasteiger charge is 2.46. The second kappa shape index (κ2) is 12.0. The SMILES string of the molecule is C=CCCON1C(C)(C)CC(c2ccc(C3=CCC(C4CCC(OCC)CC4)CC3)cc2)CC1(C)C. The van der Waals surface area contributed by atoms with Crippen LogP contribution < -0.4 is 0 Å². The maximum absolute atomic E-state index is 6.25. The molecule has 1 aromatic carbocycles. The zero-order valence-corrected chi connectivity index (χ0v) is 23.7. The summed E-state index contributed by atoms with van der Waals surface area (Å²) in [7, 11) is 0. The first-order chi connectivity index (χ1) is 17.2. The molecule has 1 heterocycles. The van der Waals surface area contributed by atoms with Crippen LogP contribution in [-0.4, -0.2) is 35.5 Å². The third-order valence-electron chi connectivity index (χ3n) is 9.13. The van der Waals surface area contributed by atoms with Gasteiger partial charge in [-0.05, 0) is 133 Å². The van der Waals surface area contributed by atoms with E-state index in [1.165, 1.54) is 56.1 Å². The Kier molecular flexibility index (Phi) is 9.18. The lowest BCUT2D eigenvalue weighted by molar-refractivity contribution is -0.282. The second-order valence-corrected chi connectivity index (χ2v) is 12.8. The summed E-state index contributed by atoms with van der Waals surface area (Å²) < 4.78 is 5.87. The van der Waals surface area contributed by atoms with Crippen molar-refractivity contribution in [3.63, 3.8) is 0 Å². The van der Waals surface area contributed by atoms with E-state index in [0.29, 0.717) is 18.6 Å². The van der Waals surface area contributed by atoms with E-state index in [-0.39, 0.29) is 11.1 Å². The second-order valence-electron chi connectivity index (χ2n) is 12.8. The first-order valence-corrected chi connectivity index (χ1v) is 14.7. The smallest absolute Gasteiger partial charge is 0.0719 e. The molecule has 3 aliphatic rings. The molecule has 3 heteroatoms. The van der Waals surface area contributed by atoms with Gasteiger partial charge in [-0.15, -0.1) is 6.58 Å². The molecule has 36 heavy (non-hydrogen) atoms. The van der Waals surface area contributed by atoms with E-state index in [1.54, 1.807) is 5.57 Å². The minimum Gasteiger partial charge on any atom is -0.379 e. The van der Waals surface area contributed by atoms with Crippen LogP contribution in [-0.2, 0) is 9.57 Å². The molecule has 1 unspecified atom stereocenters. The summed E-state index contributed by atoms with van der Waals surface area (Å²) in [6, 6.07) is 9.59. The van der Waals surface area contributed by atoms with Gasteiger partial charge in [-0.2, -0.15) is 5.06 Å². The van der Waals surface area contributed by atoms with Gasteiger partial charge < -0.3 is 4.74 Å². The lowest BCUT2D eigenvalue weighted by atomic mass is 9.72. The molecule has 0 radical (unpaired) electrons. The molecule has 1 aliphatic heterocycles. The van der Waals surface area contributed by atoms with Gasteiger partial charge in [0.15, 0.2) is 0 Å². The van der Waals surface area contributed by atoms with Gasteiger partial charge in [-0.3, -0.25) is 4.84 Å². The van der Waals surface area contributed by atoms with Crippen LogP contribution in [0.5, 0.6) is 0 Å². The highest BCUT2D eigenvalue weighted by molar-refractivity contribution is 5.66. The fraction of sp³-hybridized carbons (Fsp3) is 0.697. The standard InChI is InChI=1S/C33H51NO2/c1-7-9-22-36-34-32(3,4)23-30(24-33(34,5)6)29-16-14-26(15-17-29)25-10-12-27(13-11-25)28-18-20-31(21-19-28)35-8-2/h7,10,14-17,27-28,30-31H,1,8-9,11-13,18-24H2,2-6H3. The molecule has 2 fully saturated rings. The Morgan fingerprint density at radius 2 is 1.61 bits per heavy atom. The van der Waals surface area contributed by atoms with Gasteiger partial charge in [0.05, 0.1) is 12.7 Å². The van der Waals surface area contributed by atoms with Crippen molar-refractivity contribution >= 4 is 5.57 Å². The van der Waals surface area contributed by atoms with Gasteiger partial charge >= 0.3 is 0 Å². The number of hydrogen-bond acceptors (Lipinski definition) is 3. The Bertz CT molecular complexity index is 857. The Morgan fingerprint density at radius 3 is 2.17 bits per heavy atom. The van der Waals surface area contributed by atoms with Crippen LogP contribution >= 0.6 is 0 Å². The van der Waals surface area contributed by atoms with E-state index in [2.05, 4.69) is 76.6 Å². The highest BCUT2D eigenvalue weighted by atomic mass is 16.7. The summed E-state index contributed by atoms with van der Waals surface area (Å²) in [5.41, 5.74) is 4.46. The number of rotatable bonds is 9. The molecule has 0 amide bonds. The molecule has 1 saturated carbocycles. The molecular weight excluding hydrogens is 442 g/mol. The van der Waals surface area contributed by atoms with Crippen molar-refractivity contribution in [1.29, 1.82) is 0 Å². The molecular formula is C33H51NO2. The van der Waals surface area contributed by atoms with Crippen LogP contribution in [0.15, 0.2) is 43.0 Å². The predicted octanol–water partition coefficient (Wildman–Crippen LogP) is 8.71. The number of benzene rings is 1. The van der Waals surface area contributed by atoms with Gasteiger partial charge in [-0.25, -0.2) is 0 Å². The average molecular weight is 494 g/mol. The molecule has 0 spiro atoms. The molecule has 0 N–H and O–H groups in total. The van der Waals surface area contributed by atoms with Crippen molar-refractivity contribution in [2.24, 2.45) is 11.8 Å². The van der Waals surface area contributed by atoms with Crippen molar-refractivity contribution in [2.45, 2.75) is 122 Å². The molecule has 1 saturated heterocycles. The third-order valence-corrected chi connectivity index (χ3v) is 9.13. The molecule has 1 atom stereocenters. The van der Waals surface area contributed by atoms with Crippen molar-refractivity contribution in [2.75, 3.05) is 13.2 Å². The maximum Gasteiger partial charge on any atom is 0.0719 e. The summed E-state index contributed by atoms with van der Waals surface area (Å²) in [6.07, 6.45) is 17.2. The van der Waals surface area contributed by atoms with Crippen molar-refractivity contribution in [3.8, 4) is 0 Å². The van der Waals surface area contributed by atoms with Gasteiger partial charge in [0.2, 0.25) is 0 Å². The number of ether oxygens (including phenoxy) is 1. The van der Waals surface area contributed by atoms with Crippen molar-refractivity contribution < 1.29 is 9.57 Å². The van der Waals surface area contributed by atoms with Gasteiger partial charge in [0, 0.05) is 17.7 Å². The first kappa shape index (κ1) is 27.6. The van der Waals surface area contributed by atoms with E-state index in [9.17, 15) is 0 Å². The average Bonchev–Trinajstić information content (AvgIpc) is 2.86. The maximum atomic E-state index is 6.25. The monoisotopic (exact) mass is 493 g/mol. The predicted molar refractivity (Wildman–Crippen MR) is 152 cm³/mol. The molecule has 4 rings (SSSR count). The molecule has 2 aliphatic carbocycles. The topological polar surface area (TPSA) is 21.7 Å². The largest absolute Gasteiger partial charge is 0.379 e. The Morgan fingerprint density at radius 1 is 0.944 bits per heavy atom. The van der Waals surface area contributed by atoms with Crippen molar-refractivity contribution in [1.82, 2.24) is 5.06 Å². The summed E-state index contributed by atoms with van der Waals surface area (Å²) >= 11 is 0. The summed E-state index contributed by atoms with van der Waals surface area (Å²) in [4.78, 5) is 6.25. The number of allylic oxidation sites excluding steroid dienone is 2. The van der Waals surface area contributed by atoms with Crippen LogP contribution in [0.25, 0.3) is 5.57 Å². The lowest BCUT2D eigenvalue weighted by Gasteiger charge is -2.54. The summed E-state index contributed by atoms with van der Waals surface area (Å²) in [6.45, 7) is 16.8. The van der Waals surface area contributed by atoms with Gasteiger partial charge in [0.1, 0.15) is 0 Å². The van der Waals surface area contributed by atoms with Crippen LogP contribution in [0.1, 0.15) is 116 Å². The lowest BCUT2D eigenvalue weighted by Crippen LogP contribution is -2.59. The third kappa shape index (κ3) is 6.52. The minimum absolute atomic E-state index is 0.00499. The Balaban J connectivity index is 1.35. The van der Waals surface area contributed by atoms with E-state index < -0.39 is 0 Å². The highest BCUT2D eigenvalue weighted by Crippen LogP contribution is 2.46. The molecule has 1 aromatic rings. The van der Waals surface area contributed by atoms with E-state index in [0.717, 1.165) is 37.7 Å². The number of hydroxylamine groups is 2. The zero-order valence-electron chi connectivity index (χ0n) is 23.7. The molecule has 200 valence electrons. The van der Waals surface area contributed by atoms with E-state index in [4.69, 9.17) is 9.57 Å². The minimum atomic E-state index is -0.00499. The number of piperidine rings is 1. The number of nitrogens with zero attached hydrogens (tertiary/aromatic N) is 1. The molecule has 0 aromatic heterocycles. The fourth-order valence-corrected chi connectivity index (χ4v) is 7.55. The number of hydrogen-bond donors (Lipinski definition) is 0. The van der Waals surface area contributed by atoms with Crippen LogP contribution in [0.2, 0.25) is 0 Å². The normalized spacial score (nSPS) is 29.0. The summed E-state index contributed by atoms with van der Waals surface area (Å²) in [5, 5.41) is 2.26. The first-order valence-electron chi connectivity index (χ1n) is 14.7. The van der Waals surface area contributed by atoms with E-state index >= 15 is 0 Å². The molecule has 0 bridgehead atoms. The van der Waals surface area contributed by atoms with Crippen LogP contribution in [0.4, 0.5) is 0 Å².